The van der Waals surface area contributed by atoms with E-state index < -0.39 is 0 Å². The lowest BCUT2D eigenvalue weighted by atomic mass is 9.81. The van der Waals surface area contributed by atoms with E-state index in [1.165, 1.54) is 15.0 Å². The van der Waals surface area contributed by atoms with E-state index in [1.807, 2.05) is 45.9 Å². The normalized spacial score (nSPS) is 19.3. The van der Waals surface area contributed by atoms with E-state index in [2.05, 4.69) is 30.3 Å². The minimum atomic E-state index is 0.00342. The van der Waals surface area contributed by atoms with Crippen molar-refractivity contribution in [1.29, 1.82) is 0 Å². The first-order valence-corrected chi connectivity index (χ1v) is 12.2. The molecule has 0 spiro atoms. The van der Waals surface area contributed by atoms with Crippen LogP contribution >= 0.6 is 11.3 Å². The first-order chi connectivity index (χ1) is 16.2. The maximum Gasteiger partial charge on any atom is 0.260 e. The molecule has 1 saturated heterocycles. The van der Waals surface area contributed by atoms with Gasteiger partial charge in [0.25, 0.3) is 11.5 Å². The van der Waals surface area contributed by atoms with Crippen LogP contribution in [0, 0.1) is 5.92 Å². The molecule has 2 aromatic carbocycles. The monoisotopic (exact) mass is 456 g/mol. The van der Waals surface area contributed by atoms with Gasteiger partial charge in [-0.25, -0.2) is 0 Å². The van der Waals surface area contributed by atoms with Gasteiger partial charge in [0.2, 0.25) is 0 Å². The largest absolute Gasteiger partial charge is 0.484 e. The summed E-state index contributed by atoms with van der Waals surface area (Å²) >= 11 is 1.76. The molecule has 0 aliphatic carbocycles. The van der Waals surface area contributed by atoms with Crippen molar-refractivity contribution in [2.75, 3.05) is 19.7 Å². The Morgan fingerprint density at radius 1 is 0.970 bits per heavy atom. The number of thiophene rings is 1. The summed E-state index contributed by atoms with van der Waals surface area (Å²) < 4.78 is 8.91. The number of ether oxygens (including phenoxy) is 1. The van der Waals surface area contributed by atoms with Crippen LogP contribution in [-0.4, -0.2) is 35.1 Å². The molecule has 2 bridgehead atoms. The lowest BCUT2D eigenvalue weighted by molar-refractivity contribution is -0.136. The quantitative estimate of drug-likeness (QED) is 0.445. The highest BCUT2D eigenvalue weighted by atomic mass is 32.1. The number of rotatable bonds is 4. The molecular formula is C27H24N2O3S. The zero-order valence-corrected chi connectivity index (χ0v) is 19.0. The maximum absolute atomic E-state index is 13.0. The summed E-state index contributed by atoms with van der Waals surface area (Å²) in [7, 11) is 0. The number of carbonyl (C=O) groups is 1. The van der Waals surface area contributed by atoms with Gasteiger partial charge < -0.3 is 14.2 Å². The van der Waals surface area contributed by atoms with E-state index in [1.54, 1.807) is 17.4 Å². The fourth-order valence-electron chi connectivity index (χ4n) is 5.29. The molecule has 0 saturated carbocycles. The van der Waals surface area contributed by atoms with Crippen molar-refractivity contribution in [2.45, 2.75) is 18.9 Å². The van der Waals surface area contributed by atoms with Crippen LogP contribution in [0.1, 0.15) is 18.0 Å². The van der Waals surface area contributed by atoms with Crippen molar-refractivity contribution in [2.24, 2.45) is 5.92 Å². The minimum Gasteiger partial charge on any atom is -0.484 e. The SMILES string of the molecule is O=C(COc1ccccc1)N1C[C@H]2C[C@H](C1)c1c(-c3cc4ccccc4s3)ccc(=O)n1C2. The van der Waals surface area contributed by atoms with Crippen LogP contribution < -0.4 is 10.3 Å². The number of piperidine rings is 1. The van der Waals surface area contributed by atoms with E-state index >= 15 is 0 Å². The van der Waals surface area contributed by atoms with Gasteiger partial charge in [0.1, 0.15) is 5.75 Å². The molecule has 0 N–H and O–H groups in total. The zero-order chi connectivity index (χ0) is 22.4. The Kier molecular flexibility index (Phi) is 5.03. The van der Waals surface area contributed by atoms with Crippen molar-refractivity contribution in [1.82, 2.24) is 9.47 Å². The standard InChI is InChI=1S/C27H24N2O3S/c30-25-11-10-22(24-13-19-6-4-5-9-23(19)33-24)27-20-12-18(15-29(25)27)14-28(16-20)26(31)17-32-21-7-2-1-3-8-21/h1-11,13,18,20H,12,14-17H2/t18-,20-/m1/s1. The first kappa shape index (κ1) is 20.2. The third-order valence-electron chi connectivity index (χ3n) is 6.74. The predicted octanol–water partition coefficient (Wildman–Crippen LogP) is 4.75. The van der Waals surface area contributed by atoms with Crippen LogP contribution in [0.5, 0.6) is 5.75 Å². The van der Waals surface area contributed by atoms with Gasteiger partial charge in [0, 0.05) is 52.5 Å². The van der Waals surface area contributed by atoms with Crippen LogP contribution in [0.25, 0.3) is 20.5 Å². The van der Waals surface area contributed by atoms with Crippen molar-refractivity contribution in [3.8, 4) is 16.2 Å². The molecule has 4 aromatic rings. The number of carbonyl (C=O) groups excluding carboxylic acids is 1. The van der Waals surface area contributed by atoms with Crippen molar-refractivity contribution in [3.05, 3.63) is 88.8 Å². The number of fused-ring (bicyclic) bond motifs is 5. The van der Waals surface area contributed by atoms with E-state index in [-0.39, 0.29) is 29.9 Å². The molecular weight excluding hydrogens is 432 g/mol. The molecule has 2 atom stereocenters. The molecule has 1 fully saturated rings. The topological polar surface area (TPSA) is 51.5 Å². The van der Waals surface area contributed by atoms with Gasteiger partial charge in [-0.15, -0.1) is 11.3 Å². The fraction of sp³-hybridized carbons (Fsp3) is 0.259. The van der Waals surface area contributed by atoms with Crippen molar-refractivity contribution in [3.63, 3.8) is 0 Å². The molecule has 2 aliphatic heterocycles. The fourth-order valence-corrected chi connectivity index (χ4v) is 6.39. The maximum atomic E-state index is 13.0. The summed E-state index contributed by atoms with van der Waals surface area (Å²) in [4.78, 5) is 28.9. The van der Waals surface area contributed by atoms with Crippen molar-refractivity contribution < 1.29 is 9.53 Å². The van der Waals surface area contributed by atoms with Crippen LogP contribution in [0.3, 0.4) is 0 Å². The number of benzene rings is 2. The molecule has 0 radical (unpaired) electrons. The highest BCUT2D eigenvalue weighted by Gasteiger charge is 2.38. The van der Waals surface area contributed by atoms with Gasteiger partial charge >= 0.3 is 0 Å². The van der Waals surface area contributed by atoms with Crippen LogP contribution in [0.2, 0.25) is 0 Å². The Labute approximate surface area is 195 Å². The summed E-state index contributed by atoms with van der Waals surface area (Å²) in [5, 5.41) is 1.22. The van der Waals surface area contributed by atoms with Gasteiger partial charge in [-0.05, 0) is 48.1 Å². The molecule has 5 nitrogen and oxygen atoms in total. The van der Waals surface area contributed by atoms with Crippen LogP contribution in [0.15, 0.2) is 77.6 Å². The number of para-hydroxylation sites is 1. The number of likely N-dealkylation sites (tertiary alicyclic amines) is 1. The second kappa shape index (κ2) is 8.19. The molecule has 0 unspecified atom stereocenters. The van der Waals surface area contributed by atoms with Crippen LogP contribution in [0.4, 0.5) is 0 Å². The first-order valence-electron chi connectivity index (χ1n) is 11.3. The van der Waals surface area contributed by atoms with E-state index in [9.17, 15) is 9.59 Å². The second-order valence-electron chi connectivity index (χ2n) is 8.93. The summed E-state index contributed by atoms with van der Waals surface area (Å²) in [6.07, 6.45) is 1.00. The number of aromatic nitrogens is 1. The lowest BCUT2D eigenvalue weighted by Gasteiger charge is -2.43. The zero-order valence-electron chi connectivity index (χ0n) is 18.1. The summed E-state index contributed by atoms with van der Waals surface area (Å²) in [6, 6.07) is 23.7. The Hall–Kier alpha value is -3.38. The Morgan fingerprint density at radius 3 is 2.64 bits per heavy atom. The second-order valence-corrected chi connectivity index (χ2v) is 10.0. The Bertz CT molecular complexity index is 1360. The van der Waals surface area contributed by atoms with Gasteiger partial charge in [-0.1, -0.05) is 36.4 Å². The average molecular weight is 457 g/mol. The Balaban J connectivity index is 1.30. The van der Waals surface area contributed by atoms with Crippen LogP contribution in [-0.2, 0) is 11.3 Å². The van der Waals surface area contributed by atoms with Gasteiger partial charge in [0.05, 0.1) is 0 Å². The predicted molar refractivity (Wildman–Crippen MR) is 131 cm³/mol. The number of pyridine rings is 1. The van der Waals surface area contributed by atoms with Gasteiger partial charge in [-0.3, -0.25) is 9.59 Å². The van der Waals surface area contributed by atoms with E-state index in [0.717, 1.165) is 17.7 Å². The molecule has 4 heterocycles. The average Bonchev–Trinajstić information content (AvgIpc) is 3.28. The third-order valence-corrected chi connectivity index (χ3v) is 7.89. The molecule has 6 rings (SSSR count). The number of hydrogen-bond donors (Lipinski definition) is 0. The molecule has 2 aliphatic rings. The molecule has 33 heavy (non-hydrogen) atoms. The summed E-state index contributed by atoms with van der Waals surface area (Å²) in [5.41, 5.74) is 2.25. The van der Waals surface area contributed by atoms with Crippen molar-refractivity contribution >= 4 is 27.3 Å². The molecule has 166 valence electrons. The number of amides is 1. The summed E-state index contributed by atoms with van der Waals surface area (Å²) in [5.74, 6) is 1.13. The Morgan fingerprint density at radius 2 is 1.79 bits per heavy atom. The van der Waals surface area contributed by atoms with E-state index in [4.69, 9.17) is 4.74 Å². The highest BCUT2D eigenvalue weighted by molar-refractivity contribution is 7.22. The molecule has 2 aromatic heterocycles. The number of hydrogen-bond acceptors (Lipinski definition) is 4. The number of nitrogens with zero attached hydrogens (tertiary/aromatic N) is 2. The van der Waals surface area contributed by atoms with E-state index in [0.29, 0.717) is 25.4 Å². The smallest absolute Gasteiger partial charge is 0.260 e. The highest BCUT2D eigenvalue weighted by Crippen LogP contribution is 2.42. The van der Waals surface area contributed by atoms with Gasteiger partial charge in [-0.2, -0.15) is 0 Å². The third kappa shape index (κ3) is 3.74. The minimum absolute atomic E-state index is 0.00342. The summed E-state index contributed by atoms with van der Waals surface area (Å²) in [6.45, 7) is 1.99. The molecule has 6 heteroatoms. The lowest BCUT2D eigenvalue weighted by Crippen LogP contribution is -2.50. The van der Waals surface area contributed by atoms with Gasteiger partial charge in [0.15, 0.2) is 6.61 Å². The molecule has 1 amide bonds.